The van der Waals surface area contributed by atoms with Gasteiger partial charge in [-0.1, -0.05) is 0 Å². The fraction of sp³-hybridized carbons (Fsp3) is 0.600. The highest BCUT2D eigenvalue weighted by Crippen LogP contribution is 2.14. The summed E-state index contributed by atoms with van der Waals surface area (Å²) in [6.07, 6.45) is 1.58. The van der Waals surface area contributed by atoms with Gasteiger partial charge in [0.1, 0.15) is 5.60 Å². The second-order valence-electron chi connectivity index (χ2n) is 4.35. The number of ether oxygens (including phenoxy) is 1. The van der Waals surface area contributed by atoms with Crippen molar-refractivity contribution < 1.29 is 9.53 Å². The highest BCUT2D eigenvalue weighted by molar-refractivity contribution is 5.89. The van der Waals surface area contributed by atoms with Gasteiger partial charge in [-0.25, -0.2) is 4.79 Å². The maximum Gasteiger partial charge on any atom is 0.357 e. The van der Waals surface area contributed by atoms with Gasteiger partial charge in [-0.2, -0.15) is 5.10 Å². The van der Waals surface area contributed by atoms with Gasteiger partial charge in [-0.15, -0.1) is 0 Å². The number of nitrogens with zero attached hydrogens (tertiary/aromatic N) is 2. The molecule has 1 aromatic rings. The first kappa shape index (κ1) is 11.7. The molecule has 5 heteroatoms. The van der Waals surface area contributed by atoms with Crippen LogP contribution in [0.5, 0.6) is 0 Å². The largest absolute Gasteiger partial charge is 0.455 e. The van der Waals surface area contributed by atoms with Gasteiger partial charge < -0.3 is 10.5 Å². The Hall–Kier alpha value is -1.36. The van der Waals surface area contributed by atoms with Crippen LogP contribution in [0.3, 0.4) is 0 Å². The number of rotatable bonds is 2. The topological polar surface area (TPSA) is 70.1 Å². The molecule has 0 aliphatic heterocycles. The number of esters is 1. The van der Waals surface area contributed by atoms with Crippen molar-refractivity contribution in [2.75, 3.05) is 0 Å². The minimum Gasteiger partial charge on any atom is -0.455 e. The van der Waals surface area contributed by atoms with E-state index >= 15 is 0 Å². The summed E-state index contributed by atoms with van der Waals surface area (Å²) in [5.74, 6) is -0.386. The van der Waals surface area contributed by atoms with Crippen LogP contribution in [-0.2, 0) is 18.3 Å². The van der Waals surface area contributed by atoms with E-state index in [1.807, 2.05) is 20.8 Å². The van der Waals surface area contributed by atoms with Crippen molar-refractivity contribution in [2.24, 2.45) is 12.8 Å². The average Bonchev–Trinajstić information content (AvgIpc) is 2.43. The van der Waals surface area contributed by atoms with E-state index in [0.717, 1.165) is 0 Å². The van der Waals surface area contributed by atoms with Crippen LogP contribution in [0.25, 0.3) is 0 Å². The smallest absolute Gasteiger partial charge is 0.357 e. The Kier molecular flexibility index (Phi) is 3.14. The predicted molar refractivity (Wildman–Crippen MR) is 56.3 cm³/mol. The van der Waals surface area contributed by atoms with Crippen LogP contribution in [0.4, 0.5) is 0 Å². The lowest BCUT2D eigenvalue weighted by Gasteiger charge is -2.19. The number of aromatic nitrogens is 2. The van der Waals surface area contributed by atoms with Crippen molar-refractivity contribution in [2.45, 2.75) is 32.9 Å². The normalized spacial score (nSPS) is 11.5. The molecule has 0 saturated heterocycles. The van der Waals surface area contributed by atoms with Gasteiger partial charge in [-0.3, -0.25) is 4.68 Å². The van der Waals surface area contributed by atoms with Crippen LogP contribution in [-0.4, -0.2) is 21.4 Å². The van der Waals surface area contributed by atoms with Crippen molar-refractivity contribution in [3.63, 3.8) is 0 Å². The third-order valence-corrected chi connectivity index (χ3v) is 1.83. The molecule has 0 amide bonds. The van der Waals surface area contributed by atoms with Gasteiger partial charge in [-0.05, 0) is 20.8 Å². The SMILES string of the molecule is Cn1ncc(CN)c1C(=O)OC(C)(C)C. The zero-order valence-electron chi connectivity index (χ0n) is 9.57. The molecule has 0 bridgehead atoms. The van der Waals surface area contributed by atoms with E-state index in [-0.39, 0.29) is 12.5 Å². The molecule has 0 aliphatic carbocycles. The minimum absolute atomic E-state index is 0.280. The number of hydrogen-bond donors (Lipinski definition) is 1. The van der Waals surface area contributed by atoms with Gasteiger partial charge in [0, 0.05) is 19.2 Å². The van der Waals surface area contributed by atoms with Crippen LogP contribution in [0, 0.1) is 0 Å². The first-order valence-corrected chi connectivity index (χ1v) is 4.79. The summed E-state index contributed by atoms with van der Waals surface area (Å²) in [5, 5.41) is 3.97. The molecule has 0 atom stereocenters. The van der Waals surface area contributed by atoms with Crippen LogP contribution >= 0.6 is 0 Å². The van der Waals surface area contributed by atoms with E-state index in [1.54, 1.807) is 13.2 Å². The van der Waals surface area contributed by atoms with Crippen molar-refractivity contribution in [1.82, 2.24) is 9.78 Å². The van der Waals surface area contributed by atoms with Gasteiger partial charge in [0.2, 0.25) is 0 Å². The van der Waals surface area contributed by atoms with Gasteiger partial charge in [0.05, 0.1) is 6.20 Å². The summed E-state index contributed by atoms with van der Waals surface area (Å²) < 4.78 is 6.73. The Morgan fingerprint density at radius 3 is 2.67 bits per heavy atom. The average molecular weight is 211 g/mol. The van der Waals surface area contributed by atoms with Crippen molar-refractivity contribution in [1.29, 1.82) is 0 Å². The Bertz CT molecular complexity index is 363. The van der Waals surface area contributed by atoms with Gasteiger partial charge >= 0.3 is 5.97 Å². The summed E-state index contributed by atoms with van der Waals surface area (Å²) in [4.78, 5) is 11.8. The minimum atomic E-state index is -0.507. The second kappa shape index (κ2) is 4.02. The van der Waals surface area contributed by atoms with E-state index in [4.69, 9.17) is 10.5 Å². The molecule has 0 radical (unpaired) electrons. The Morgan fingerprint density at radius 2 is 2.20 bits per heavy atom. The van der Waals surface area contributed by atoms with Crippen LogP contribution in [0.15, 0.2) is 6.20 Å². The molecule has 1 aromatic heterocycles. The van der Waals surface area contributed by atoms with E-state index in [9.17, 15) is 4.79 Å². The molecule has 0 fully saturated rings. The van der Waals surface area contributed by atoms with E-state index in [2.05, 4.69) is 5.10 Å². The van der Waals surface area contributed by atoms with Crippen LogP contribution < -0.4 is 5.73 Å². The zero-order chi connectivity index (χ0) is 11.6. The maximum atomic E-state index is 11.8. The van der Waals surface area contributed by atoms with Crippen molar-refractivity contribution >= 4 is 5.97 Å². The molecule has 84 valence electrons. The molecule has 0 aliphatic rings. The summed E-state index contributed by atoms with van der Waals surface area (Å²) in [6.45, 7) is 5.75. The van der Waals surface area contributed by atoms with Gasteiger partial charge in [0.25, 0.3) is 0 Å². The molecular formula is C10H17N3O2. The first-order valence-electron chi connectivity index (χ1n) is 4.79. The van der Waals surface area contributed by atoms with Crippen LogP contribution in [0.2, 0.25) is 0 Å². The number of hydrogen-bond acceptors (Lipinski definition) is 4. The second-order valence-corrected chi connectivity index (χ2v) is 4.35. The Balaban J connectivity index is 2.95. The Morgan fingerprint density at radius 1 is 1.60 bits per heavy atom. The number of carbonyl (C=O) groups excluding carboxylic acids is 1. The monoisotopic (exact) mass is 211 g/mol. The number of carbonyl (C=O) groups is 1. The zero-order valence-corrected chi connectivity index (χ0v) is 9.57. The summed E-state index contributed by atoms with van der Waals surface area (Å²) >= 11 is 0. The molecule has 5 nitrogen and oxygen atoms in total. The third-order valence-electron chi connectivity index (χ3n) is 1.83. The van der Waals surface area contributed by atoms with Crippen LogP contribution in [0.1, 0.15) is 36.8 Å². The molecule has 1 heterocycles. The quantitative estimate of drug-likeness (QED) is 0.736. The van der Waals surface area contributed by atoms with E-state index < -0.39 is 5.60 Å². The fourth-order valence-electron chi connectivity index (χ4n) is 1.22. The molecule has 15 heavy (non-hydrogen) atoms. The molecular weight excluding hydrogens is 194 g/mol. The van der Waals surface area contributed by atoms with Crippen molar-refractivity contribution in [3.05, 3.63) is 17.5 Å². The summed E-state index contributed by atoms with van der Waals surface area (Å²) in [5.41, 5.74) is 6.12. The van der Waals surface area contributed by atoms with E-state index in [1.165, 1.54) is 4.68 Å². The van der Waals surface area contributed by atoms with Crippen molar-refractivity contribution in [3.8, 4) is 0 Å². The first-order chi connectivity index (χ1) is 6.85. The summed E-state index contributed by atoms with van der Waals surface area (Å²) in [6, 6.07) is 0. The maximum absolute atomic E-state index is 11.8. The van der Waals surface area contributed by atoms with E-state index in [0.29, 0.717) is 11.3 Å². The predicted octanol–water partition coefficient (Wildman–Crippen LogP) is 0.834. The highest BCUT2D eigenvalue weighted by atomic mass is 16.6. The molecule has 0 spiro atoms. The number of nitrogens with two attached hydrogens (primary N) is 1. The fourth-order valence-corrected chi connectivity index (χ4v) is 1.22. The third kappa shape index (κ3) is 2.79. The number of aryl methyl sites for hydroxylation is 1. The lowest BCUT2D eigenvalue weighted by molar-refractivity contribution is 0.00563. The standard InChI is InChI=1S/C10H17N3O2/c1-10(2,3)15-9(14)8-7(5-11)6-12-13(8)4/h6H,5,11H2,1-4H3. The molecule has 0 unspecified atom stereocenters. The van der Waals surface area contributed by atoms with Gasteiger partial charge in [0.15, 0.2) is 5.69 Å². The Labute approximate surface area is 89.2 Å². The highest BCUT2D eigenvalue weighted by Gasteiger charge is 2.22. The lowest BCUT2D eigenvalue weighted by Crippen LogP contribution is -2.26. The molecule has 0 aromatic carbocycles. The molecule has 1 rings (SSSR count). The summed E-state index contributed by atoms with van der Waals surface area (Å²) in [7, 11) is 1.69. The lowest BCUT2D eigenvalue weighted by atomic mass is 10.2. The molecule has 2 N–H and O–H groups in total. The molecule has 0 saturated carbocycles.